The van der Waals surface area contributed by atoms with E-state index in [2.05, 4.69) is 15.1 Å². The third kappa shape index (κ3) is 4.27. The first kappa shape index (κ1) is 20.2. The highest BCUT2D eigenvalue weighted by atomic mass is 35.5. The summed E-state index contributed by atoms with van der Waals surface area (Å²) in [6.45, 7) is 4.48. The first-order valence-corrected chi connectivity index (χ1v) is 10.3. The van der Waals surface area contributed by atoms with E-state index >= 15 is 0 Å². The van der Waals surface area contributed by atoms with Crippen molar-refractivity contribution in [3.05, 3.63) is 46.2 Å². The number of fused-ring (bicyclic) bond motifs is 1. The molecule has 1 aromatic carbocycles. The van der Waals surface area contributed by atoms with E-state index in [1.54, 1.807) is 24.3 Å². The summed E-state index contributed by atoms with van der Waals surface area (Å²) in [7, 11) is 1.35. The van der Waals surface area contributed by atoms with Crippen molar-refractivity contribution in [3.63, 3.8) is 0 Å². The summed E-state index contributed by atoms with van der Waals surface area (Å²) in [5.74, 6) is 1.05. The van der Waals surface area contributed by atoms with Crippen molar-refractivity contribution in [2.75, 3.05) is 20.2 Å². The van der Waals surface area contributed by atoms with E-state index < -0.39 is 12.1 Å². The van der Waals surface area contributed by atoms with Gasteiger partial charge in [0.1, 0.15) is 11.9 Å². The predicted molar refractivity (Wildman–Crippen MR) is 108 cm³/mol. The number of likely N-dealkylation sites (tertiary alicyclic amines) is 1. The predicted octanol–water partition coefficient (Wildman–Crippen LogP) is 2.81. The number of aliphatic hydroxyl groups is 1. The number of aliphatic hydroxyl groups excluding tert-OH is 1. The van der Waals surface area contributed by atoms with Crippen LogP contribution < -0.4 is 4.74 Å². The van der Waals surface area contributed by atoms with Crippen molar-refractivity contribution in [3.8, 4) is 5.75 Å². The molecule has 1 saturated carbocycles. The Bertz CT molecular complexity index is 887. The molecule has 2 N–H and O–H groups in total. The molecule has 0 unspecified atom stereocenters. The third-order valence-corrected chi connectivity index (χ3v) is 6.52. The maximum Gasteiger partial charge on any atom is 0.337 e. The van der Waals surface area contributed by atoms with Gasteiger partial charge in [0.25, 0.3) is 0 Å². The molecule has 1 aliphatic heterocycles. The minimum absolute atomic E-state index is 0.291. The van der Waals surface area contributed by atoms with Crippen LogP contribution in [0.2, 0.25) is 5.02 Å². The van der Waals surface area contributed by atoms with Gasteiger partial charge in [0, 0.05) is 19.6 Å². The van der Waals surface area contributed by atoms with Crippen molar-refractivity contribution in [2.24, 2.45) is 11.8 Å². The van der Waals surface area contributed by atoms with E-state index in [9.17, 15) is 9.90 Å². The molecule has 0 spiro atoms. The Hall–Kier alpha value is -2.09. The average molecular weight is 420 g/mol. The van der Waals surface area contributed by atoms with E-state index in [0.717, 1.165) is 30.9 Å². The second kappa shape index (κ2) is 8.34. The van der Waals surface area contributed by atoms with Gasteiger partial charge in [-0.15, -0.1) is 0 Å². The number of nitrogens with zero attached hydrogens (tertiary/aromatic N) is 2. The molecule has 2 aliphatic rings. The lowest BCUT2D eigenvalue weighted by atomic mass is 9.78. The zero-order valence-electron chi connectivity index (χ0n) is 16.6. The number of rotatable bonds is 5. The first-order chi connectivity index (χ1) is 13.9. The monoisotopic (exact) mass is 419 g/mol. The molecule has 4 atom stereocenters. The van der Waals surface area contributed by atoms with Crippen LogP contribution in [0.5, 0.6) is 5.75 Å². The number of hydrogen-bond acceptors (Lipinski definition) is 6. The minimum Gasteiger partial charge on any atom is -0.488 e. The van der Waals surface area contributed by atoms with E-state index in [4.69, 9.17) is 21.1 Å². The first-order valence-electron chi connectivity index (χ1n) is 9.89. The standard InChI is InChI=1S/C21H26ClN3O4/c1-12-20(22)17(24-23-12)11-25-9-14-7-18(26)19(8-15(14)10-25)29-16-5-3-4-13(6-16)21(27)28-2/h3-6,14-15,18-19,26H,7-11H2,1-2H3,(H,23,24)/t14-,15+,18+,19+/m0/s1. The summed E-state index contributed by atoms with van der Waals surface area (Å²) in [6.07, 6.45) is 0.656. The average Bonchev–Trinajstić information content (AvgIpc) is 3.25. The maximum atomic E-state index is 11.7. The van der Waals surface area contributed by atoms with Gasteiger partial charge in [-0.3, -0.25) is 10.00 Å². The molecular formula is C21H26ClN3O4. The Kier molecular flexibility index (Phi) is 5.81. The van der Waals surface area contributed by atoms with Gasteiger partial charge in [0.05, 0.1) is 35.2 Å². The highest BCUT2D eigenvalue weighted by Crippen LogP contribution is 2.38. The van der Waals surface area contributed by atoms with Crippen molar-refractivity contribution in [2.45, 2.75) is 38.5 Å². The Balaban J connectivity index is 1.39. The summed E-state index contributed by atoms with van der Waals surface area (Å²) in [4.78, 5) is 14.1. The third-order valence-electron chi connectivity index (χ3n) is 6.02. The summed E-state index contributed by atoms with van der Waals surface area (Å²) in [5.41, 5.74) is 2.19. The molecule has 156 valence electrons. The summed E-state index contributed by atoms with van der Waals surface area (Å²) in [5, 5.41) is 18.6. The number of aryl methyl sites for hydroxylation is 1. The van der Waals surface area contributed by atoms with Crippen LogP contribution >= 0.6 is 11.6 Å². The molecule has 1 saturated heterocycles. The number of benzene rings is 1. The lowest BCUT2D eigenvalue weighted by Crippen LogP contribution is -2.42. The van der Waals surface area contributed by atoms with Gasteiger partial charge in [-0.1, -0.05) is 17.7 Å². The van der Waals surface area contributed by atoms with E-state index in [0.29, 0.717) is 41.1 Å². The molecule has 0 amide bonds. The van der Waals surface area contributed by atoms with Crippen molar-refractivity contribution >= 4 is 17.6 Å². The van der Waals surface area contributed by atoms with Crippen LogP contribution in [0.1, 0.15) is 34.6 Å². The molecule has 0 bridgehead atoms. The lowest BCUT2D eigenvalue weighted by molar-refractivity contribution is -0.0231. The summed E-state index contributed by atoms with van der Waals surface area (Å²) >= 11 is 6.31. The quantitative estimate of drug-likeness (QED) is 0.724. The number of aromatic nitrogens is 2. The second-order valence-electron chi connectivity index (χ2n) is 8.04. The molecule has 29 heavy (non-hydrogen) atoms. The Morgan fingerprint density at radius 1 is 1.34 bits per heavy atom. The van der Waals surface area contributed by atoms with Crippen LogP contribution in [0.25, 0.3) is 0 Å². The van der Waals surface area contributed by atoms with Crippen LogP contribution in [0.4, 0.5) is 0 Å². The second-order valence-corrected chi connectivity index (χ2v) is 8.42. The molecule has 4 rings (SSSR count). The van der Waals surface area contributed by atoms with Gasteiger partial charge in [-0.2, -0.15) is 5.10 Å². The number of esters is 1. The highest BCUT2D eigenvalue weighted by Gasteiger charge is 2.42. The zero-order valence-corrected chi connectivity index (χ0v) is 17.4. The van der Waals surface area contributed by atoms with Crippen molar-refractivity contribution in [1.29, 1.82) is 0 Å². The van der Waals surface area contributed by atoms with Gasteiger partial charge in [-0.25, -0.2) is 4.79 Å². The molecule has 7 nitrogen and oxygen atoms in total. The number of H-pyrrole nitrogens is 1. The molecule has 0 radical (unpaired) electrons. The van der Waals surface area contributed by atoms with Crippen LogP contribution in [0, 0.1) is 18.8 Å². The number of ether oxygens (including phenoxy) is 2. The SMILES string of the molecule is COC(=O)c1cccc(O[C@@H]2C[C@@H]3CN(Cc4n[nH]c(C)c4Cl)C[C@@H]3C[C@H]2O)c1. The summed E-state index contributed by atoms with van der Waals surface area (Å²) < 4.78 is 10.8. The molecule has 1 aliphatic carbocycles. The van der Waals surface area contributed by atoms with Crippen LogP contribution in [0.3, 0.4) is 0 Å². The van der Waals surface area contributed by atoms with Crippen molar-refractivity contribution < 1.29 is 19.4 Å². The molecule has 2 aromatic rings. The van der Waals surface area contributed by atoms with E-state index in [1.807, 2.05) is 6.92 Å². The maximum absolute atomic E-state index is 11.7. The van der Waals surface area contributed by atoms with Gasteiger partial charge in [0.15, 0.2) is 0 Å². The molecule has 8 heteroatoms. The summed E-state index contributed by atoms with van der Waals surface area (Å²) in [6, 6.07) is 6.90. The number of carbonyl (C=O) groups excluding carboxylic acids is 1. The Morgan fingerprint density at radius 2 is 2.10 bits per heavy atom. The number of hydrogen-bond donors (Lipinski definition) is 2. The van der Waals surface area contributed by atoms with E-state index in [1.165, 1.54) is 7.11 Å². The Morgan fingerprint density at radius 3 is 2.79 bits per heavy atom. The van der Waals surface area contributed by atoms with Gasteiger partial charge in [0.2, 0.25) is 0 Å². The fraction of sp³-hybridized carbons (Fsp3) is 0.524. The molecule has 1 aromatic heterocycles. The van der Waals surface area contributed by atoms with Crippen LogP contribution in [-0.4, -0.2) is 58.6 Å². The minimum atomic E-state index is -0.533. The zero-order chi connectivity index (χ0) is 20.5. The number of halogens is 1. The van der Waals surface area contributed by atoms with Gasteiger partial charge >= 0.3 is 5.97 Å². The van der Waals surface area contributed by atoms with Gasteiger partial charge < -0.3 is 14.6 Å². The fourth-order valence-electron chi connectivity index (χ4n) is 4.51. The molecule has 2 heterocycles. The number of nitrogens with one attached hydrogen (secondary N) is 1. The number of aromatic amines is 1. The smallest absolute Gasteiger partial charge is 0.337 e. The van der Waals surface area contributed by atoms with Crippen LogP contribution in [0.15, 0.2) is 24.3 Å². The topological polar surface area (TPSA) is 87.7 Å². The van der Waals surface area contributed by atoms with Gasteiger partial charge in [-0.05, 0) is 49.8 Å². The fourth-order valence-corrected chi connectivity index (χ4v) is 4.66. The Labute approximate surface area is 174 Å². The number of methoxy groups -OCH3 is 1. The normalized spacial score (nSPS) is 26.9. The largest absolute Gasteiger partial charge is 0.488 e. The highest BCUT2D eigenvalue weighted by molar-refractivity contribution is 6.31. The van der Waals surface area contributed by atoms with E-state index in [-0.39, 0.29) is 6.10 Å². The molecule has 2 fully saturated rings. The molecular weight excluding hydrogens is 394 g/mol. The number of carbonyl (C=O) groups is 1. The van der Waals surface area contributed by atoms with Crippen molar-refractivity contribution in [1.82, 2.24) is 15.1 Å². The van der Waals surface area contributed by atoms with Crippen LogP contribution in [-0.2, 0) is 11.3 Å². The lowest BCUT2D eigenvalue weighted by Gasteiger charge is -2.35.